The highest BCUT2D eigenvalue weighted by Crippen LogP contribution is 2.33. The molecular formula is C13H17N3O2. The van der Waals surface area contributed by atoms with Crippen LogP contribution >= 0.6 is 0 Å². The van der Waals surface area contributed by atoms with Crippen molar-refractivity contribution in [1.29, 1.82) is 0 Å². The van der Waals surface area contributed by atoms with Crippen LogP contribution in [0.4, 0.5) is 5.69 Å². The summed E-state index contributed by atoms with van der Waals surface area (Å²) in [4.78, 5) is 23.4. The molecule has 0 aliphatic heterocycles. The van der Waals surface area contributed by atoms with E-state index in [1.54, 1.807) is 24.3 Å². The molecular weight excluding hydrogens is 230 g/mol. The van der Waals surface area contributed by atoms with Crippen molar-refractivity contribution >= 4 is 17.5 Å². The van der Waals surface area contributed by atoms with E-state index in [4.69, 9.17) is 5.73 Å². The molecule has 0 heterocycles. The molecule has 96 valence electrons. The van der Waals surface area contributed by atoms with E-state index in [2.05, 4.69) is 10.6 Å². The average Bonchev–Trinajstić information content (AvgIpc) is 3.09. The Hall–Kier alpha value is -1.88. The molecule has 0 spiro atoms. The summed E-state index contributed by atoms with van der Waals surface area (Å²) in [5.41, 5.74) is 6.21. The second kappa shape index (κ2) is 4.78. The van der Waals surface area contributed by atoms with Crippen LogP contribution in [0.25, 0.3) is 0 Å². The molecule has 0 atom stereocenters. The summed E-state index contributed by atoms with van der Waals surface area (Å²) in [5, 5.41) is 5.45. The smallest absolute Gasteiger partial charge is 0.251 e. The summed E-state index contributed by atoms with van der Waals surface area (Å²) in [6, 6.07) is 6.83. The van der Waals surface area contributed by atoms with Gasteiger partial charge in [0.1, 0.15) is 0 Å². The van der Waals surface area contributed by atoms with Crippen molar-refractivity contribution in [2.45, 2.75) is 25.3 Å². The number of amides is 2. The zero-order valence-electron chi connectivity index (χ0n) is 10.3. The lowest BCUT2D eigenvalue weighted by atomic mass is 10.1. The van der Waals surface area contributed by atoms with Crippen molar-refractivity contribution in [2.75, 3.05) is 11.9 Å². The van der Waals surface area contributed by atoms with Gasteiger partial charge in [-0.15, -0.1) is 0 Å². The number of carbonyl (C=O) groups is 2. The molecule has 2 rings (SSSR count). The van der Waals surface area contributed by atoms with Gasteiger partial charge in [0.05, 0.1) is 5.54 Å². The summed E-state index contributed by atoms with van der Waals surface area (Å²) in [6.45, 7) is 2.43. The highest BCUT2D eigenvalue weighted by molar-refractivity contribution is 6.01. The molecule has 0 bridgehead atoms. The first-order chi connectivity index (χ1) is 8.55. The van der Waals surface area contributed by atoms with E-state index in [-0.39, 0.29) is 11.8 Å². The summed E-state index contributed by atoms with van der Waals surface area (Å²) >= 11 is 0. The number of nitrogens with one attached hydrogen (secondary N) is 2. The first-order valence-corrected chi connectivity index (χ1v) is 6.04. The third-order valence-corrected chi connectivity index (χ3v) is 2.96. The Kier molecular flexibility index (Phi) is 3.34. The van der Waals surface area contributed by atoms with Crippen LogP contribution in [0.15, 0.2) is 24.3 Å². The molecule has 5 nitrogen and oxygen atoms in total. The number of hydrogen-bond donors (Lipinski definition) is 3. The minimum Gasteiger partial charge on any atom is -0.352 e. The van der Waals surface area contributed by atoms with Crippen LogP contribution in [0.1, 0.15) is 30.1 Å². The second-order valence-electron chi connectivity index (χ2n) is 4.55. The molecule has 1 aromatic rings. The third kappa shape index (κ3) is 2.68. The lowest BCUT2D eigenvalue weighted by molar-refractivity contribution is -0.118. The van der Waals surface area contributed by atoms with Crippen LogP contribution in [0.5, 0.6) is 0 Å². The molecule has 0 radical (unpaired) electrons. The zero-order valence-corrected chi connectivity index (χ0v) is 10.3. The third-order valence-electron chi connectivity index (χ3n) is 2.96. The van der Waals surface area contributed by atoms with Gasteiger partial charge in [0, 0.05) is 17.8 Å². The first kappa shape index (κ1) is 12.6. The monoisotopic (exact) mass is 247 g/mol. The van der Waals surface area contributed by atoms with Crippen LogP contribution in [0.3, 0.4) is 0 Å². The number of carbonyl (C=O) groups excluding carboxylic acids is 2. The maximum absolute atomic E-state index is 11.8. The number of anilines is 1. The molecule has 18 heavy (non-hydrogen) atoms. The highest BCUT2D eigenvalue weighted by atomic mass is 16.2. The molecule has 0 unspecified atom stereocenters. The summed E-state index contributed by atoms with van der Waals surface area (Å²) < 4.78 is 0. The molecule has 1 saturated carbocycles. The van der Waals surface area contributed by atoms with E-state index in [1.165, 1.54) is 0 Å². The van der Waals surface area contributed by atoms with Crippen molar-refractivity contribution in [3.05, 3.63) is 29.8 Å². The maximum atomic E-state index is 11.8. The van der Waals surface area contributed by atoms with Crippen LogP contribution in [0, 0.1) is 0 Å². The Bertz CT molecular complexity index is 481. The number of benzene rings is 1. The van der Waals surface area contributed by atoms with Gasteiger partial charge in [0.2, 0.25) is 5.91 Å². The van der Waals surface area contributed by atoms with Crippen molar-refractivity contribution < 1.29 is 9.59 Å². The van der Waals surface area contributed by atoms with Gasteiger partial charge >= 0.3 is 0 Å². The Morgan fingerprint density at radius 1 is 1.39 bits per heavy atom. The molecule has 1 aliphatic carbocycles. The number of nitrogens with two attached hydrogens (primary N) is 1. The molecule has 0 aromatic heterocycles. The Morgan fingerprint density at radius 3 is 2.72 bits per heavy atom. The van der Waals surface area contributed by atoms with Crippen LogP contribution in [-0.2, 0) is 4.79 Å². The van der Waals surface area contributed by atoms with Gasteiger partial charge in [-0.3, -0.25) is 9.59 Å². The van der Waals surface area contributed by atoms with E-state index >= 15 is 0 Å². The molecule has 1 aromatic carbocycles. The zero-order chi connectivity index (χ0) is 13.2. The van der Waals surface area contributed by atoms with Gasteiger partial charge in [0.25, 0.3) is 5.91 Å². The fourth-order valence-corrected chi connectivity index (χ4v) is 1.62. The second-order valence-corrected chi connectivity index (χ2v) is 4.55. The van der Waals surface area contributed by atoms with E-state index in [9.17, 15) is 9.59 Å². The molecule has 4 N–H and O–H groups in total. The first-order valence-electron chi connectivity index (χ1n) is 6.04. The van der Waals surface area contributed by atoms with E-state index in [0.717, 1.165) is 12.8 Å². The minimum absolute atomic E-state index is 0.150. The topological polar surface area (TPSA) is 84.2 Å². The van der Waals surface area contributed by atoms with Gasteiger partial charge in [0.15, 0.2) is 0 Å². The van der Waals surface area contributed by atoms with E-state index < -0.39 is 5.54 Å². The molecule has 1 fully saturated rings. The maximum Gasteiger partial charge on any atom is 0.251 e. The van der Waals surface area contributed by atoms with Gasteiger partial charge in [-0.05, 0) is 38.0 Å². The Labute approximate surface area is 106 Å². The number of hydrogen-bond acceptors (Lipinski definition) is 3. The lowest BCUT2D eigenvalue weighted by Crippen LogP contribution is -2.37. The largest absolute Gasteiger partial charge is 0.352 e. The quantitative estimate of drug-likeness (QED) is 0.738. The summed E-state index contributed by atoms with van der Waals surface area (Å²) in [7, 11) is 0. The van der Waals surface area contributed by atoms with E-state index in [0.29, 0.717) is 17.8 Å². The molecule has 2 amide bonds. The Balaban J connectivity index is 2.07. The van der Waals surface area contributed by atoms with Gasteiger partial charge < -0.3 is 16.4 Å². The molecule has 0 saturated heterocycles. The van der Waals surface area contributed by atoms with Crippen molar-refractivity contribution in [3.63, 3.8) is 0 Å². The summed E-state index contributed by atoms with van der Waals surface area (Å²) in [5.74, 6) is -0.335. The SMILES string of the molecule is CCNC(=O)c1cccc(NC(=O)C2(N)CC2)c1. The lowest BCUT2D eigenvalue weighted by Gasteiger charge is -2.11. The summed E-state index contributed by atoms with van der Waals surface area (Å²) in [6.07, 6.45) is 1.43. The predicted octanol–water partition coefficient (Wildman–Crippen LogP) is 0.866. The van der Waals surface area contributed by atoms with Crippen LogP contribution in [-0.4, -0.2) is 23.9 Å². The number of rotatable bonds is 4. The minimum atomic E-state index is -0.707. The molecule has 1 aliphatic rings. The van der Waals surface area contributed by atoms with Crippen molar-refractivity contribution in [1.82, 2.24) is 5.32 Å². The average molecular weight is 247 g/mol. The predicted molar refractivity (Wildman–Crippen MR) is 69.2 cm³/mol. The van der Waals surface area contributed by atoms with Gasteiger partial charge in [-0.1, -0.05) is 6.07 Å². The standard InChI is InChI=1S/C13H17N3O2/c1-2-15-11(17)9-4-3-5-10(8-9)16-12(18)13(14)6-7-13/h3-5,8H,2,6-7,14H2,1H3,(H,15,17)(H,16,18). The van der Waals surface area contributed by atoms with E-state index in [1.807, 2.05) is 6.92 Å². The molecule has 5 heteroatoms. The fourth-order valence-electron chi connectivity index (χ4n) is 1.62. The van der Waals surface area contributed by atoms with Crippen molar-refractivity contribution in [3.8, 4) is 0 Å². The van der Waals surface area contributed by atoms with Gasteiger partial charge in [-0.25, -0.2) is 0 Å². The van der Waals surface area contributed by atoms with Gasteiger partial charge in [-0.2, -0.15) is 0 Å². The van der Waals surface area contributed by atoms with Crippen molar-refractivity contribution in [2.24, 2.45) is 5.73 Å². The fraction of sp³-hybridized carbons (Fsp3) is 0.385. The van der Waals surface area contributed by atoms with Crippen LogP contribution < -0.4 is 16.4 Å². The highest BCUT2D eigenvalue weighted by Gasteiger charge is 2.45. The Morgan fingerprint density at radius 2 is 2.11 bits per heavy atom. The normalized spacial score (nSPS) is 15.9. The van der Waals surface area contributed by atoms with Crippen LogP contribution in [0.2, 0.25) is 0 Å².